The van der Waals surface area contributed by atoms with Gasteiger partial charge in [0.25, 0.3) is 0 Å². The molecule has 174 valence electrons. The van der Waals surface area contributed by atoms with Gasteiger partial charge in [-0.05, 0) is 73.0 Å². The molecule has 1 atom stereocenters. The lowest BCUT2D eigenvalue weighted by Crippen LogP contribution is -2.24. The van der Waals surface area contributed by atoms with Gasteiger partial charge in [-0.15, -0.1) is 11.6 Å². The van der Waals surface area contributed by atoms with Gasteiger partial charge in [-0.25, -0.2) is 0 Å². The second kappa shape index (κ2) is 11.8. The molecule has 2 aromatic carbocycles. The van der Waals surface area contributed by atoms with Gasteiger partial charge in [0.05, 0.1) is 18.7 Å². The Labute approximate surface area is 198 Å². The summed E-state index contributed by atoms with van der Waals surface area (Å²) >= 11 is 5.71. The first kappa shape index (κ1) is 23.2. The molecule has 0 bridgehead atoms. The van der Waals surface area contributed by atoms with Gasteiger partial charge in [-0.1, -0.05) is 6.08 Å². The minimum Gasteiger partial charge on any atom is -0.494 e. The zero-order valence-electron chi connectivity index (χ0n) is 18.5. The number of halogens is 1. The first-order valence-electron chi connectivity index (χ1n) is 11.4. The number of ether oxygens (including phenoxy) is 3. The van der Waals surface area contributed by atoms with E-state index in [0.29, 0.717) is 25.7 Å². The minimum atomic E-state index is -0.131. The Bertz CT molecular complexity index is 1140. The zero-order valence-corrected chi connectivity index (χ0v) is 19.3. The van der Waals surface area contributed by atoms with Crippen LogP contribution in [0, 0.1) is 0 Å². The molecule has 0 saturated heterocycles. The topological polar surface area (TPSA) is 72.6 Å². The van der Waals surface area contributed by atoms with Gasteiger partial charge < -0.3 is 24.5 Å². The SMILES string of the molecule is O=c1ccc2ccc(OCCCCOc3ccc4c(c3)NC(OCCCCCl)C=C4)cc2[nH]1. The highest BCUT2D eigenvalue weighted by Gasteiger charge is 2.13. The second-order valence-corrected chi connectivity index (χ2v) is 8.29. The predicted molar refractivity (Wildman–Crippen MR) is 134 cm³/mol. The molecule has 6 nitrogen and oxygen atoms in total. The van der Waals surface area contributed by atoms with Crippen molar-refractivity contribution in [3.63, 3.8) is 0 Å². The van der Waals surface area contributed by atoms with E-state index in [1.165, 1.54) is 6.07 Å². The number of aromatic amines is 1. The maximum absolute atomic E-state index is 11.5. The molecule has 1 aliphatic heterocycles. The standard InChI is InChI=1S/C26H29ClN2O4/c27-13-1-2-16-33-26-12-8-20-6-10-22(18-24(20)29-26)32-15-4-3-14-31-21-9-5-19-7-11-25(30)28-23(19)17-21/h5-12,17-18,26,29H,1-4,13-16H2,(H,28,30). The number of H-pyrrole nitrogens is 1. The third-order valence-corrected chi connectivity index (χ3v) is 5.64. The summed E-state index contributed by atoms with van der Waals surface area (Å²) in [6, 6.07) is 15.1. The summed E-state index contributed by atoms with van der Waals surface area (Å²) in [4.78, 5) is 14.3. The quantitative estimate of drug-likeness (QED) is 0.268. The number of rotatable bonds is 12. The number of pyridine rings is 1. The van der Waals surface area contributed by atoms with Crippen LogP contribution in [0.2, 0.25) is 0 Å². The summed E-state index contributed by atoms with van der Waals surface area (Å²) in [7, 11) is 0. The van der Waals surface area contributed by atoms with Crippen molar-refractivity contribution in [2.75, 3.05) is 31.0 Å². The van der Waals surface area contributed by atoms with Crippen LogP contribution in [0.15, 0.2) is 59.4 Å². The lowest BCUT2D eigenvalue weighted by atomic mass is 10.1. The molecule has 3 aromatic rings. The van der Waals surface area contributed by atoms with Crippen LogP contribution in [0.25, 0.3) is 17.0 Å². The van der Waals surface area contributed by atoms with Crippen LogP contribution < -0.4 is 20.3 Å². The largest absolute Gasteiger partial charge is 0.494 e. The van der Waals surface area contributed by atoms with E-state index in [9.17, 15) is 4.79 Å². The molecular weight excluding hydrogens is 440 g/mol. The summed E-state index contributed by atoms with van der Waals surface area (Å²) in [5, 5.41) is 4.38. The Kier molecular flexibility index (Phi) is 8.28. The Morgan fingerprint density at radius 3 is 2.39 bits per heavy atom. The van der Waals surface area contributed by atoms with Crippen molar-refractivity contribution in [3.05, 3.63) is 70.5 Å². The van der Waals surface area contributed by atoms with E-state index in [2.05, 4.69) is 16.4 Å². The Morgan fingerprint density at radius 2 is 1.58 bits per heavy atom. The molecule has 1 aliphatic rings. The van der Waals surface area contributed by atoms with Crippen molar-refractivity contribution in [2.24, 2.45) is 0 Å². The summed E-state index contributed by atoms with van der Waals surface area (Å²) in [6.45, 7) is 1.88. The number of alkyl halides is 1. The molecule has 2 heterocycles. The molecule has 0 spiro atoms. The molecule has 0 fully saturated rings. The summed E-state index contributed by atoms with van der Waals surface area (Å²) in [5.41, 5.74) is 2.79. The van der Waals surface area contributed by atoms with Crippen molar-refractivity contribution in [1.82, 2.24) is 4.98 Å². The summed E-state index contributed by atoms with van der Waals surface area (Å²) in [6.07, 6.45) is 7.62. The molecule has 33 heavy (non-hydrogen) atoms. The lowest BCUT2D eigenvalue weighted by molar-refractivity contribution is 0.101. The Hall–Kier alpha value is -2.96. The van der Waals surface area contributed by atoms with E-state index >= 15 is 0 Å². The molecule has 4 rings (SSSR count). The zero-order chi connectivity index (χ0) is 22.9. The van der Waals surface area contributed by atoms with E-state index in [0.717, 1.165) is 59.3 Å². The van der Waals surface area contributed by atoms with Gasteiger partial charge >= 0.3 is 0 Å². The number of hydrogen-bond donors (Lipinski definition) is 2. The number of aromatic nitrogens is 1. The molecule has 7 heteroatoms. The fourth-order valence-corrected chi connectivity index (χ4v) is 3.78. The van der Waals surface area contributed by atoms with Gasteiger partial charge in [0.1, 0.15) is 17.7 Å². The third-order valence-electron chi connectivity index (χ3n) is 5.37. The van der Waals surface area contributed by atoms with Gasteiger partial charge in [0, 0.05) is 36.4 Å². The molecule has 0 aliphatic carbocycles. The van der Waals surface area contributed by atoms with Gasteiger partial charge in [-0.2, -0.15) is 0 Å². The van der Waals surface area contributed by atoms with E-state index in [1.807, 2.05) is 42.5 Å². The maximum Gasteiger partial charge on any atom is 0.248 e. The van der Waals surface area contributed by atoms with Gasteiger partial charge in [-0.3, -0.25) is 4.79 Å². The van der Waals surface area contributed by atoms with Gasteiger partial charge in [0.15, 0.2) is 0 Å². The van der Waals surface area contributed by atoms with Crippen LogP contribution in [0.3, 0.4) is 0 Å². The molecule has 0 saturated carbocycles. The van der Waals surface area contributed by atoms with E-state index in [4.69, 9.17) is 25.8 Å². The molecule has 0 amide bonds. The van der Waals surface area contributed by atoms with Crippen molar-refractivity contribution in [3.8, 4) is 11.5 Å². The van der Waals surface area contributed by atoms with Crippen molar-refractivity contribution >= 4 is 34.3 Å². The van der Waals surface area contributed by atoms with Crippen LogP contribution in [-0.2, 0) is 4.74 Å². The number of benzene rings is 2. The van der Waals surface area contributed by atoms with Gasteiger partial charge in [0.2, 0.25) is 5.56 Å². The monoisotopic (exact) mass is 468 g/mol. The highest BCUT2D eigenvalue weighted by molar-refractivity contribution is 6.17. The van der Waals surface area contributed by atoms with Crippen LogP contribution in [0.5, 0.6) is 11.5 Å². The third kappa shape index (κ3) is 6.76. The molecule has 1 aromatic heterocycles. The average Bonchev–Trinajstić information content (AvgIpc) is 2.83. The predicted octanol–water partition coefficient (Wildman–Crippen LogP) is 5.57. The van der Waals surface area contributed by atoms with Crippen molar-refractivity contribution in [2.45, 2.75) is 31.9 Å². The smallest absolute Gasteiger partial charge is 0.248 e. The Morgan fingerprint density at radius 1 is 0.848 bits per heavy atom. The highest BCUT2D eigenvalue weighted by Crippen LogP contribution is 2.28. The van der Waals surface area contributed by atoms with Crippen LogP contribution in [-0.4, -0.2) is 36.9 Å². The normalized spacial score (nSPS) is 14.6. The summed E-state index contributed by atoms with van der Waals surface area (Å²) in [5.74, 6) is 2.24. The number of hydrogen-bond acceptors (Lipinski definition) is 5. The molecule has 0 radical (unpaired) electrons. The number of fused-ring (bicyclic) bond motifs is 2. The number of anilines is 1. The van der Waals surface area contributed by atoms with E-state index in [-0.39, 0.29) is 11.8 Å². The van der Waals surface area contributed by atoms with Crippen LogP contribution in [0.1, 0.15) is 31.2 Å². The minimum absolute atomic E-state index is 0.115. The number of nitrogens with one attached hydrogen (secondary N) is 2. The summed E-state index contributed by atoms with van der Waals surface area (Å²) < 4.78 is 17.6. The van der Waals surface area contributed by atoms with E-state index < -0.39 is 0 Å². The average molecular weight is 469 g/mol. The second-order valence-electron chi connectivity index (χ2n) is 7.92. The lowest BCUT2D eigenvalue weighted by Gasteiger charge is -2.23. The van der Waals surface area contributed by atoms with Crippen molar-refractivity contribution < 1.29 is 14.2 Å². The number of unbranched alkanes of at least 4 members (excludes halogenated alkanes) is 2. The first-order valence-corrected chi connectivity index (χ1v) is 11.9. The molecular formula is C26H29ClN2O4. The maximum atomic E-state index is 11.5. The molecule has 1 unspecified atom stereocenters. The first-order chi connectivity index (χ1) is 16.2. The highest BCUT2D eigenvalue weighted by atomic mass is 35.5. The van der Waals surface area contributed by atoms with Crippen LogP contribution >= 0.6 is 11.6 Å². The van der Waals surface area contributed by atoms with Crippen molar-refractivity contribution in [1.29, 1.82) is 0 Å². The van der Waals surface area contributed by atoms with Crippen LogP contribution in [0.4, 0.5) is 5.69 Å². The molecule has 2 N–H and O–H groups in total. The Balaban J connectivity index is 1.18. The van der Waals surface area contributed by atoms with E-state index in [1.54, 1.807) is 6.07 Å². The fourth-order valence-electron chi connectivity index (χ4n) is 3.59. The fraction of sp³-hybridized carbons (Fsp3) is 0.346.